The van der Waals surface area contributed by atoms with Crippen molar-refractivity contribution in [2.24, 2.45) is 5.73 Å². The fourth-order valence-electron chi connectivity index (χ4n) is 4.47. The predicted molar refractivity (Wildman–Crippen MR) is 135 cm³/mol. The van der Waals surface area contributed by atoms with Crippen molar-refractivity contribution in [3.8, 4) is 23.0 Å². The monoisotopic (exact) mass is 507 g/mol. The van der Waals surface area contributed by atoms with Gasteiger partial charge in [-0.1, -0.05) is 6.07 Å². The third kappa shape index (κ3) is 4.69. The number of methoxy groups -OCH3 is 3. The standard InChI is InChI=1S/C27H29N3O7/c1-6-36-27(32)23-21(17-11-19(33-3)24(35-5)20(12-17)34-4)22-18(37-25(23)28)10-15(2)30(26(22)31)14-16-8-7-9-29-13-16/h7-13,21H,6,14,28H2,1-5H3/t21-/m1/s1. The Hall–Kier alpha value is -4.47. The van der Waals surface area contributed by atoms with Gasteiger partial charge in [0, 0.05) is 24.2 Å². The van der Waals surface area contributed by atoms with Crippen molar-refractivity contribution in [1.82, 2.24) is 9.55 Å². The maximum absolute atomic E-state index is 14.0. The number of benzene rings is 1. The summed E-state index contributed by atoms with van der Waals surface area (Å²) in [5.41, 5.74) is 8.18. The Labute approximate surface area is 214 Å². The largest absolute Gasteiger partial charge is 0.493 e. The number of aromatic nitrogens is 2. The van der Waals surface area contributed by atoms with Gasteiger partial charge in [0.2, 0.25) is 11.6 Å². The van der Waals surface area contributed by atoms with Gasteiger partial charge in [-0.3, -0.25) is 9.78 Å². The van der Waals surface area contributed by atoms with E-state index in [1.165, 1.54) is 21.3 Å². The lowest BCUT2D eigenvalue weighted by Gasteiger charge is -2.29. The van der Waals surface area contributed by atoms with Gasteiger partial charge in [0.05, 0.1) is 46.0 Å². The van der Waals surface area contributed by atoms with Gasteiger partial charge < -0.3 is 34.0 Å². The van der Waals surface area contributed by atoms with Crippen LogP contribution in [0.3, 0.4) is 0 Å². The first kappa shape index (κ1) is 25.6. The minimum Gasteiger partial charge on any atom is -0.493 e. The topological polar surface area (TPSA) is 124 Å². The number of hydrogen-bond donors (Lipinski definition) is 1. The summed E-state index contributed by atoms with van der Waals surface area (Å²) >= 11 is 0. The number of pyridine rings is 2. The average Bonchev–Trinajstić information content (AvgIpc) is 2.90. The highest BCUT2D eigenvalue weighted by Gasteiger charge is 2.39. The second-order valence-electron chi connectivity index (χ2n) is 8.31. The number of rotatable bonds is 8. The third-order valence-electron chi connectivity index (χ3n) is 6.15. The molecule has 1 aliphatic heterocycles. The smallest absolute Gasteiger partial charge is 0.340 e. The van der Waals surface area contributed by atoms with Crippen molar-refractivity contribution < 1.29 is 28.5 Å². The number of esters is 1. The summed E-state index contributed by atoms with van der Waals surface area (Å²) in [6.45, 7) is 3.88. The number of carbonyl (C=O) groups excluding carboxylic acids is 1. The lowest BCUT2D eigenvalue weighted by Crippen LogP contribution is -2.35. The van der Waals surface area contributed by atoms with Crippen LogP contribution in [0.1, 0.15) is 35.2 Å². The molecule has 0 radical (unpaired) electrons. The van der Waals surface area contributed by atoms with Gasteiger partial charge in [0.25, 0.3) is 5.56 Å². The van der Waals surface area contributed by atoms with E-state index in [2.05, 4.69) is 4.98 Å². The summed E-state index contributed by atoms with van der Waals surface area (Å²) < 4.78 is 29.3. The predicted octanol–water partition coefficient (Wildman–Crippen LogP) is 2.88. The number of carbonyl (C=O) groups is 1. The maximum Gasteiger partial charge on any atom is 0.340 e. The lowest BCUT2D eigenvalue weighted by molar-refractivity contribution is -0.139. The molecule has 0 bridgehead atoms. The Morgan fingerprint density at radius 3 is 2.41 bits per heavy atom. The van der Waals surface area contributed by atoms with Gasteiger partial charge >= 0.3 is 5.97 Å². The second-order valence-corrected chi connectivity index (χ2v) is 8.31. The molecule has 194 valence electrons. The van der Waals surface area contributed by atoms with Crippen molar-refractivity contribution in [3.63, 3.8) is 0 Å². The molecule has 3 aromatic rings. The first-order valence-electron chi connectivity index (χ1n) is 11.6. The molecule has 4 rings (SSSR count). The van der Waals surface area contributed by atoms with Crippen LogP contribution in [0.2, 0.25) is 0 Å². The van der Waals surface area contributed by atoms with Crippen molar-refractivity contribution in [1.29, 1.82) is 0 Å². The minimum absolute atomic E-state index is 0.0116. The summed E-state index contributed by atoms with van der Waals surface area (Å²) in [6.07, 6.45) is 3.36. The Bertz CT molecular complexity index is 1390. The van der Waals surface area contributed by atoms with Crippen LogP contribution in [0.25, 0.3) is 0 Å². The highest BCUT2D eigenvalue weighted by Crippen LogP contribution is 2.46. The van der Waals surface area contributed by atoms with E-state index >= 15 is 0 Å². The Morgan fingerprint density at radius 1 is 1.14 bits per heavy atom. The quantitative estimate of drug-likeness (QED) is 0.458. The molecule has 0 unspecified atom stereocenters. The van der Waals surface area contributed by atoms with E-state index in [0.717, 1.165) is 5.56 Å². The molecule has 0 fully saturated rings. The molecule has 0 spiro atoms. The molecule has 10 heteroatoms. The van der Waals surface area contributed by atoms with Gasteiger partial charge in [0.1, 0.15) is 11.3 Å². The van der Waals surface area contributed by atoms with Crippen molar-refractivity contribution in [3.05, 3.63) is 86.9 Å². The summed E-state index contributed by atoms with van der Waals surface area (Å²) in [7, 11) is 4.46. The van der Waals surface area contributed by atoms with Crippen LogP contribution in [-0.2, 0) is 16.1 Å². The van der Waals surface area contributed by atoms with Gasteiger partial charge in [-0.25, -0.2) is 4.79 Å². The molecule has 37 heavy (non-hydrogen) atoms. The molecule has 1 aromatic carbocycles. The average molecular weight is 508 g/mol. The van der Waals surface area contributed by atoms with Gasteiger partial charge in [-0.15, -0.1) is 0 Å². The van der Waals surface area contributed by atoms with Crippen LogP contribution in [-0.4, -0.2) is 43.5 Å². The molecule has 0 saturated heterocycles. The number of nitrogens with zero attached hydrogens (tertiary/aromatic N) is 2. The van der Waals surface area contributed by atoms with Crippen molar-refractivity contribution in [2.75, 3.05) is 27.9 Å². The highest BCUT2D eigenvalue weighted by molar-refractivity contribution is 5.92. The van der Waals surface area contributed by atoms with Crippen LogP contribution < -0.4 is 30.2 Å². The minimum atomic E-state index is -0.926. The number of fused-ring (bicyclic) bond motifs is 1. The van der Waals surface area contributed by atoms with E-state index in [4.69, 9.17) is 29.4 Å². The van der Waals surface area contributed by atoms with E-state index < -0.39 is 11.9 Å². The van der Waals surface area contributed by atoms with Gasteiger partial charge in [0.15, 0.2) is 11.5 Å². The molecule has 0 saturated carbocycles. The molecule has 10 nitrogen and oxygen atoms in total. The molecule has 2 N–H and O–H groups in total. The van der Waals surface area contributed by atoms with E-state index in [1.807, 2.05) is 6.07 Å². The molecule has 3 heterocycles. The first-order valence-corrected chi connectivity index (χ1v) is 11.6. The Kier molecular flexibility index (Phi) is 7.37. The molecular weight excluding hydrogens is 478 g/mol. The zero-order valence-corrected chi connectivity index (χ0v) is 21.4. The fourth-order valence-corrected chi connectivity index (χ4v) is 4.47. The van der Waals surface area contributed by atoms with Crippen LogP contribution in [0, 0.1) is 6.92 Å². The summed E-state index contributed by atoms with van der Waals surface area (Å²) in [4.78, 5) is 31.3. The zero-order valence-electron chi connectivity index (χ0n) is 21.4. The van der Waals surface area contributed by atoms with Crippen LogP contribution in [0.5, 0.6) is 23.0 Å². The SMILES string of the molecule is CCOC(=O)C1=C(N)Oc2cc(C)n(Cc3cccnc3)c(=O)c2[C@H]1c1cc(OC)c(OC)c(OC)c1. The van der Waals surface area contributed by atoms with E-state index in [0.29, 0.717) is 28.5 Å². The number of ether oxygens (including phenoxy) is 5. The molecule has 2 aromatic heterocycles. The summed E-state index contributed by atoms with van der Waals surface area (Å²) in [6, 6.07) is 8.77. The molecule has 1 atom stereocenters. The second kappa shape index (κ2) is 10.7. The van der Waals surface area contributed by atoms with Crippen LogP contribution in [0.4, 0.5) is 0 Å². The molecule has 0 amide bonds. The summed E-state index contributed by atoms with van der Waals surface area (Å²) in [5.74, 6) is -0.423. The molecule has 1 aliphatic rings. The zero-order chi connectivity index (χ0) is 26.7. The number of aryl methyl sites for hydroxylation is 1. The van der Waals surface area contributed by atoms with Crippen molar-refractivity contribution >= 4 is 5.97 Å². The molecule has 0 aliphatic carbocycles. The first-order chi connectivity index (χ1) is 17.8. The Balaban J connectivity index is 2.00. The van der Waals surface area contributed by atoms with Crippen molar-refractivity contribution in [2.45, 2.75) is 26.3 Å². The third-order valence-corrected chi connectivity index (χ3v) is 6.15. The highest BCUT2D eigenvalue weighted by atomic mass is 16.5. The number of hydrogen-bond acceptors (Lipinski definition) is 9. The number of nitrogens with two attached hydrogens (primary N) is 1. The lowest BCUT2D eigenvalue weighted by atomic mass is 9.83. The van der Waals surface area contributed by atoms with Crippen LogP contribution >= 0.6 is 0 Å². The summed E-state index contributed by atoms with van der Waals surface area (Å²) in [5, 5.41) is 0. The maximum atomic E-state index is 14.0. The van der Waals surface area contributed by atoms with E-state index in [9.17, 15) is 9.59 Å². The van der Waals surface area contributed by atoms with E-state index in [-0.39, 0.29) is 41.5 Å². The normalized spacial score (nSPS) is 14.5. The fraction of sp³-hybridized carbons (Fsp3) is 0.296. The molecular formula is C27H29N3O7. The van der Waals surface area contributed by atoms with Gasteiger partial charge in [-0.2, -0.15) is 0 Å². The van der Waals surface area contributed by atoms with Crippen LogP contribution in [0.15, 0.2) is 59.0 Å². The Morgan fingerprint density at radius 2 is 1.84 bits per heavy atom. The van der Waals surface area contributed by atoms with E-state index in [1.54, 1.807) is 55.1 Å². The van der Waals surface area contributed by atoms with Gasteiger partial charge in [-0.05, 0) is 43.2 Å².